The lowest BCUT2D eigenvalue weighted by Gasteiger charge is -2.36. The molecule has 0 bridgehead atoms. The number of nitro groups is 1. The van der Waals surface area contributed by atoms with Crippen molar-refractivity contribution in [3.05, 3.63) is 142 Å². The molecule has 2 N–H and O–H groups in total. The summed E-state index contributed by atoms with van der Waals surface area (Å²) in [7, 11) is -2.85. The van der Waals surface area contributed by atoms with Gasteiger partial charge in [0.25, 0.3) is 21.6 Å². The number of carbonyl (C=O) groups is 1. The van der Waals surface area contributed by atoms with Crippen molar-refractivity contribution in [1.29, 1.82) is 0 Å². The summed E-state index contributed by atoms with van der Waals surface area (Å²) in [5, 5.41) is 16.4. The van der Waals surface area contributed by atoms with Crippen molar-refractivity contribution in [2.75, 3.05) is 82.1 Å². The van der Waals surface area contributed by atoms with Crippen molar-refractivity contribution >= 4 is 56.4 Å². The molecule has 0 radical (unpaired) electrons. The number of benzene rings is 5. The third-order valence-electron chi connectivity index (χ3n) is 10.9. The zero-order valence-corrected chi connectivity index (χ0v) is 36.3. The van der Waals surface area contributed by atoms with E-state index in [1.807, 2.05) is 54.6 Å². The van der Waals surface area contributed by atoms with E-state index in [1.54, 1.807) is 43.1 Å². The Balaban J connectivity index is 0.961. The molecule has 0 spiro atoms. The van der Waals surface area contributed by atoms with Gasteiger partial charge in [-0.05, 0) is 95.9 Å². The van der Waals surface area contributed by atoms with E-state index < -0.39 is 26.5 Å². The zero-order chi connectivity index (χ0) is 42.8. The monoisotopic (exact) mass is 884 g/mol. The number of rotatable bonds is 17. The minimum Gasteiger partial charge on any atom is -0.497 e. The Labute approximate surface area is 366 Å². The summed E-state index contributed by atoms with van der Waals surface area (Å²) in [6.45, 7) is 7.74. The number of methoxy groups -OCH3 is 1. The molecule has 0 aromatic heterocycles. The zero-order valence-electron chi connectivity index (χ0n) is 33.9. The minimum absolute atomic E-state index is 0.148. The lowest BCUT2D eigenvalue weighted by molar-refractivity contribution is -0.384. The molecule has 0 saturated carbocycles. The fraction of sp³-hybridized carbons (Fsp3) is 0.311. The number of piperazine rings is 1. The molecule has 7 rings (SSSR count). The van der Waals surface area contributed by atoms with Gasteiger partial charge in [-0.2, -0.15) is 0 Å². The number of hydrogen-bond acceptors (Lipinski definition) is 12. The molecule has 2 aliphatic rings. The molecular formula is C45H49ClN6O7S2. The lowest BCUT2D eigenvalue weighted by atomic mass is 9.99. The molecule has 2 fully saturated rings. The predicted octanol–water partition coefficient (Wildman–Crippen LogP) is 7.66. The number of hydrogen-bond donors (Lipinski definition) is 2. The first-order chi connectivity index (χ1) is 29.5. The van der Waals surface area contributed by atoms with Crippen molar-refractivity contribution in [2.45, 2.75) is 28.8 Å². The van der Waals surface area contributed by atoms with Crippen LogP contribution in [0.2, 0.25) is 5.02 Å². The Morgan fingerprint density at radius 2 is 1.59 bits per heavy atom. The van der Waals surface area contributed by atoms with E-state index in [9.17, 15) is 23.3 Å². The average Bonchev–Trinajstić information content (AvgIpc) is 3.28. The van der Waals surface area contributed by atoms with E-state index in [0.717, 1.165) is 80.3 Å². The van der Waals surface area contributed by atoms with Gasteiger partial charge in [0, 0.05) is 91.4 Å². The maximum atomic E-state index is 13.5. The molecule has 320 valence electrons. The van der Waals surface area contributed by atoms with Crippen molar-refractivity contribution in [3.63, 3.8) is 0 Å². The predicted molar refractivity (Wildman–Crippen MR) is 242 cm³/mol. The smallest absolute Gasteiger partial charge is 0.293 e. The van der Waals surface area contributed by atoms with Crippen LogP contribution in [-0.4, -0.2) is 107 Å². The number of sulfonamides is 1. The molecule has 61 heavy (non-hydrogen) atoms. The van der Waals surface area contributed by atoms with Gasteiger partial charge in [0.2, 0.25) is 0 Å². The number of thioether (sulfide) groups is 1. The largest absolute Gasteiger partial charge is 0.497 e. The summed E-state index contributed by atoms with van der Waals surface area (Å²) in [5.74, 6) is 0.510. The van der Waals surface area contributed by atoms with E-state index in [1.165, 1.54) is 23.3 Å². The van der Waals surface area contributed by atoms with Gasteiger partial charge >= 0.3 is 0 Å². The van der Waals surface area contributed by atoms with Gasteiger partial charge in [-0.15, -0.1) is 11.8 Å². The summed E-state index contributed by atoms with van der Waals surface area (Å²) in [5.41, 5.74) is 4.40. The molecule has 16 heteroatoms. The summed E-state index contributed by atoms with van der Waals surface area (Å²) in [4.78, 5) is 32.6. The number of carbonyl (C=O) groups excluding carboxylic acids is 1. The molecule has 5 aromatic rings. The van der Waals surface area contributed by atoms with Gasteiger partial charge in [-0.1, -0.05) is 48.0 Å². The quantitative estimate of drug-likeness (QED) is 0.0537. The van der Waals surface area contributed by atoms with Crippen LogP contribution in [0.1, 0.15) is 22.3 Å². The minimum atomic E-state index is -4.46. The van der Waals surface area contributed by atoms with Crippen LogP contribution in [0.3, 0.4) is 0 Å². The highest BCUT2D eigenvalue weighted by Crippen LogP contribution is 2.31. The molecule has 1 amide bonds. The van der Waals surface area contributed by atoms with Gasteiger partial charge in [0.1, 0.15) is 11.4 Å². The van der Waals surface area contributed by atoms with Crippen LogP contribution in [0, 0.1) is 10.1 Å². The third-order valence-corrected chi connectivity index (χ3v) is 13.7. The number of nitrogens with zero attached hydrogens (tertiary/aromatic N) is 4. The van der Waals surface area contributed by atoms with Gasteiger partial charge in [0.15, 0.2) is 0 Å². The molecule has 0 unspecified atom stereocenters. The first kappa shape index (κ1) is 43.9. The Hall–Kier alpha value is -5.16. The molecule has 1 atom stereocenters. The molecular weight excluding hydrogens is 836 g/mol. The summed E-state index contributed by atoms with van der Waals surface area (Å²) >= 11 is 7.73. The normalized spacial score (nSPS) is 15.5. The van der Waals surface area contributed by atoms with E-state index >= 15 is 0 Å². The van der Waals surface area contributed by atoms with Crippen molar-refractivity contribution in [2.24, 2.45) is 0 Å². The van der Waals surface area contributed by atoms with E-state index in [-0.39, 0.29) is 22.2 Å². The second kappa shape index (κ2) is 20.6. The first-order valence-electron chi connectivity index (χ1n) is 20.1. The Morgan fingerprint density at radius 1 is 0.885 bits per heavy atom. The Kier molecular flexibility index (Phi) is 14.8. The summed E-state index contributed by atoms with van der Waals surface area (Å²) < 4.78 is 39.8. The number of nitrogens with one attached hydrogen (secondary N) is 2. The van der Waals surface area contributed by atoms with Crippen LogP contribution in [0.15, 0.2) is 125 Å². The number of morpholine rings is 1. The average molecular weight is 886 g/mol. The number of nitro benzene ring substituents is 1. The third kappa shape index (κ3) is 11.8. The highest BCUT2D eigenvalue weighted by Gasteiger charge is 2.26. The van der Waals surface area contributed by atoms with Gasteiger partial charge in [-0.25, -0.2) is 13.1 Å². The second-order valence-electron chi connectivity index (χ2n) is 14.9. The summed E-state index contributed by atoms with van der Waals surface area (Å²) in [6, 6.07) is 34.2. The van der Waals surface area contributed by atoms with E-state index in [4.69, 9.17) is 21.1 Å². The first-order valence-corrected chi connectivity index (χ1v) is 23.0. The van der Waals surface area contributed by atoms with Crippen molar-refractivity contribution in [3.8, 4) is 16.9 Å². The van der Waals surface area contributed by atoms with Crippen LogP contribution in [-0.2, 0) is 21.3 Å². The molecule has 0 aliphatic carbocycles. The van der Waals surface area contributed by atoms with Crippen LogP contribution in [0.5, 0.6) is 5.75 Å². The fourth-order valence-corrected chi connectivity index (χ4v) is 9.53. The highest BCUT2D eigenvalue weighted by atomic mass is 35.5. The molecule has 5 aromatic carbocycles. The van der Waals surface area contributed by atoms with Crippen LogP contribution in [0.4, 0.5) is 17.1 Å². The maximum Gasteiger partial charge on any atom is 0.293 e. The van der Waals surface area contributed by atoms with Crippen LogP contribution >= 0.6 is 23.4 Å². The van der Waals surface area contributed by atoms with E-state index in [2.05, 4.69) is 42.9 Å². The number of amides is 1. The van der Waals surface area contributed by atoms with Gasteiger partial charge in [-0.3, -0.25) is 24.7 Å². The number of halogens is 1. The number of ether oxygens (including phenoxy) is 2. The summed E-state index contributed by atoms with van der Waals surface area (Å²) in [6.07, 6.45) is 0.687. The Morgan fingerprint density at radius 3 is 2.28 bits per heavy atom. The second-order valence-corrected chi connectivity index (χ2v) is 18.1. The molecule has 2 aliphatic heterocycles. The number of anilines is 2. The standard InChI is InChI=1S/C45H49ClN6O7S2/c1-58-39-14-16-40(17-15-39)60-32-37(20-21-49-26-28-59-29-27-49)47-43-19-18-41(30-44(43)52(54)55)61(56,57)48-45(53)34-8-12-38(13-9-34)51-24-22-50(23-25-51)31-35-4-2-3-5-42(35)33-6-10-36(46)11-7-33/h2-19,30,37,47H,20-29,31-32H2,1H3,(H,48,53)/t37-/m1/s1. The topological polar surface area (TPSA) is 147 Å². The lowest BCUT2D eigenvalue weighted by Crippen LogP contribution is -2.46. The van der Waals surface area contributed by atoms with Crippen LogP contribution in [0.25, 0.3) is 11.1 Å². The van der Waals surface area contributed by atoms with Crippen molar-refractivity contribution < 1.29 is 27.6 Å². The van der Waals surface area contributed by atoms with Gasteiger partial charge < -0.3 is 19.7 Å². The van der Waals surface area contributed by atoms with Crippen molar-refractivity contribution in [1.82, 2.24) is 14.5 Å². The molecule has 2 saturated heterocycles. The van der Waals surface area contributed by atoms with Crippen LogP contribution < -0.4 is 19.7 Å². The maximum absolute atomic E-state index is 13.5. The SMILES string of the molecule is COc1ccc(SC[C@@H](CCN2CCOCC2)Nc2ccc(S(=O)(=O)NC(=O)c3ccc(N4CCN(Cc5ccccc5-c5ccc(Cl)cc5)CC4)cc3)cc2[N+](=O)[O-])cc1. The fourth-order valence-electron chi connectivity index (χ4n) is 7.44. The van der Waals surface area contributed by atoms with Gasteiger partial charge in [0.05, 0.1) is 30.1 Å². The molecule has 2 heterocycles. The Bertz CT molecular complexity index is 2370. The molecule has 13 nitrogen and oxygen atoms in total. The highest BCUT2D eigenvalue weighted by molar-refractivity contribution is 7.99. The van der Waals surface area contributed by atoms with E-state index in [0.29, 0.717) is 30.4 Å².